The summed E-state index contributed by atoms with van der Waals surface area (Å²) in [6.45, 7) is 2.11. The smallest absolute Gasteiger partial charge is 0.123 e. The monoisotopic (exact) mass is 365 g/mol. The van der Waals surface area contributed by atoms with E-state index in [0.29, 0.717) is 0 Å². The zero-order chi connectivity index (χ0) is 15.2. The maximum atomic E-state index is 5.50. The molecule has 0 aromatic heterocycles. The van der Waals surface area contributed by atoms with Crippen LogP contribution in [-0.2, 0) is 0 Å². The zero-order valence-corrected chi connectivity index (χ0v) is 14.9. The molecule has 0 bridgehead atoms. The van der Waals surface area contributed by atoms with Gasteiger partial charge in [0.2, 0.25) is 0 Å². The van der Waals surface area contributed by atoms with Crippen LogP contribution >= 0.6 is 27.7 Å². The number of halogens is 1. The van der Waals surface area contributed by atoms with Crippen LogP contribution in [0.4, 0.5) is 0 Å². The van der Waals surface area contributed by atoms with Gasteiger partial charge < -0.3 is 10.1 Å². The number of thioether (sulfide) groups is 1. The van der Waals surface area contributed by atoms with Gasteiger partial charge >= 0.3 is 0 Å². The van der Waals surface area contributed by atoms with E-state index >= 15 is 0 Å². The number of ether oxygens (including phenoxy) is 1. The van der Waals surface area contributed by atoms with Crippen molar-refractivity contribution in [2.45, 2.75) is 17.9 Å². The van der Waals surface area contributed by atoms with E-state index in [4.69, 9.17) is 4.74 Å². The van der Waals surface area contributed by atoms with Crippen molar-refractivity contribution in [1.29, 1.82) is 0 Å². The van der Waals surface area contributed by atoms with Crippen LogP contribution in [0.5, 0.6) is 5.75 Å². The number of nitrogens with one attached hydrogen (secondary N) is 1. The van der Waals surface area contributed by atoms with Crippen molar-refractivity contribution in [3.63, 3.8) is 0 Å². The number of hydrogen-bond donors (Lipinski definition) is 1. The van der Waals surface area contributed by atoms with Gasteiger partial charge in [0, 0.05) is 26.7 Å². The third-order valence-corrected chi connectivity index (χ3v) is 4.97. The van der Waals surface area contributed by atoms with E-state index in [9.17, 15) is 0 Å². The van der Waals surface area contributed by atoms with E-state index in [1.807, 2.05) is 24.9 Å². The Bertz CT molecular complexity index is 586. The SMILES string of the molecule is CNC(CSc1ccc(Br)cc1)c1cc(C)ccc1OC. The number of aryl methyl sites for hydroxylation is 1. The first-order chi connectivity index (χ1) is 10.1. The summed E-state index contributed by atoms with van der Waals surface area (Å²) in [5, 5.41) is 3.39. The van der Waals surface area contributed by atoms with Crippen molar-refractivity contribution in [2.75, 3.05) is 19.9 Å². The van der Waals surface area contributed by atoms with Gasteiger partial charge in [0.1, 0.15) is 5.75 Å². The van der Waals surface area contributed by atoms with Crippen LogP contribution in [0.15, 0.2) is 51.8 Å². The average molecular weight is 366 g/mol. The highest BCUT2D eigenvalue weighted by Crippen LogP contribution is 2.31. The molecule has 2 aromatic rings. The van der Waals surface area contributed by atoms with E-state index in [1.165, 1.54) is 16.0 Å². The summed E-state index contributed by atoms with van der Waals surface area (Å²) in [5.74, 6) is 1.90. The topological polar surface area (TPSA) is 21.3 Å². The fraction of sp³-hybridized carbons (Fsp3) is 0.294. The van der Waals surface area contributed by atoms with E-state index in [1.54, 1.807) is 7.11 Å². The second kappa shape index (κ2) is 7.87. The predicted octanol–water partition coefficient (Wildman–Crippen LogP) is 4.82. The third-order valence-electron chi connectivity index (χ3n) is 3.34. The first kappa shape index (κ1) is 16.4. The second-order valence-electron chi connectivity index (χ2n) is 4.85. The second-order valence-corrected chi connectivity index (χ2v) is 6.86. The third kappa shape index (κ3) is 4.50. The quantitative estimate of drug-likeness (QED) is 0.741. The Kier molecular flexibility index (Phi) is 6.15. The van der Waals surface area contributed by atoms with Crippen LogP contribution in [0.25, 0.3) is 0 Å². The first-order valence-electron chi connectivity index (χ1n) is 6.84. The van der Waals surface area contributed by atoms with Crippen LogP contribution in [0.1, 0.15) is 17.2 Å². The summed E-state index contributed by atoms with van der Waals surface area (Å²) in [5.41, 5.74) is 2.46. The van der Waals surface area contributed by atoms with Gasteiger partial charge in [-0.2, -0.15) is 0 Å². The normalized spacial score (nSPS) is 12.2. The van der Waals surface area contributed by atoms with Gasteiger partial charge in [0.25, 0.3) is 0 Å². The van der Waals surface area contributed by atoms with Gasteiger partial charge in [0.05, 0.1) is 7.11 Å². The minimum Gasteiger partial charge on any atom is -0.496 e. The Balaban J connectivity index is 2.12. The molecule has 0 fully saturated rings. The highest BCUT2D eigenvalue weighted by molar-refractivity contribution is 9.10. The highest BCUT2D eigenvalue weighted by Gasteiger charge is 2.15. The van der Waals surface area contributed by atoms with Crippen molar-refractivity contribution in [3.8, 4) is 5.75 Å². The molecule has 0 heterocycles. The molecule has 0 saturated heterocycles. The minimum atomic E-state index is 0.258. The van der Waals surface area contributed by atoms with Gasteiger partial charge in [-0.1, -0.05) is 33.6 Å². The molecule has 0 amide bonds. The van der Waals surface area contributed by atoms with Crippen LogP contribution in [-0.4, -0.2) is 19.9 Å². The van der Waals surface area contributed by atoms with Crippen molar-refractivity contribution in [3.05, 3.63) is 58.1 Å². The predicted molar refractivity (Wildman–Crippen MR) is 94.4 cm³/mol. The Labute approximate surface area is 139 Å². The number of benzene rings is 2. The lowest BCUT2D eigenvalue weighted by Crippen LogP contribution is -2.19. The molecular formula is C17H20BrNOS. The lowest BCUT2D eigenvalue weighted by molar-refractivity contribution is 0.404. The summed E-state index contributed by atoms with van der Waals surface area (Å²) < 4.78 is 6.60. The molecule has 2 nitrogen and oxygen atoms in total. The van der Waals surface area contributed by atoms with Gasteiger partial charge in [0.15, 0.2) is 0 Å². The molecule has 0 saturated carbocycles. The number of rotatable bonds is 6. The van der Waals surface area contributed by atoms with Gasteiger partial charge in [-0.05, 0) is 44.3 Å². The summed E-state index contributed by atoms with van der Waals surface area (Å²) in [4.78, 5) is 1.27. The standard InChI is InChI=1S/C17H20BrNOS/c1-12-4-9-17(20-3)15(10-12)16(19-2)11-21-14-7-5-13(18)6-8-14/h4-10,16,19H,11H2,1-3H3. The Hall–Kier alpha value is -0.970. The molecule has 0 aliphatic heterocycles. The van der Waals surface area contributed by atoms with Gasteiger partial charge in [-0.15, -0.1) is 11.8 Å². The van der Waals surface area contributed by atoms with Crippen molar-refractivity contribution in [1.82, 2.24) is 5.32 Å². The Morgan fingerprint density at radius 2 is 1.90 bits per heavy atom. The maximum absolute atomic E-state index is 5.50. The Morgan fingerprint density at radius 1 is 1.19 bits per heavy atom. The molecule has 21 heavy (non-hydrogen) atoms. The number of hydrogen-bond acceptors (Lipinski definition) is 3. The fourth-order valence-corrected chi connectivity index (χ4v) is 3.46. The van der Waals surface area contributed by atoms with Crippen molar-refractivity contribution >= 4 is 27.7 Å². The van der Waals surface area contributed by atoms with Crippen LogP contribution in [0, 0.1) is 6.92 Å². The molecular weight excluding hydrogens is 346 g/mol. The Morgan fingerprint density at radius 3 is 2.52 bits per heavy atom. The van der Waals surface area contributed by atoms with Crippen molar-refractivity contribution in [2.24, 2.45) is 0 Å². The van der Waals surface area contributed by atoms with Gasteiger partial charge in [-0.25, -0.2) is 0 Å². The molecule has 0 aliphatic rings. The van der Waals surface area contributed by atoms with Crippen LogP contribution in [0.2, 0.25) is 0 Å². The van der Waals surface area contributed by atoms with Crippen molar-refractivity contribution < 1.29 is 4.74 Å². The molecule has 2 rings (SSSR count). The molecule has 1 atom stereocenters. The molecule has 0 aliphatic carbocycles. The lowest BCUT2D eigenvalue weighted by Gasteiger charge is -2.19. The van der Waals surface area contributed by atoms with Crippen LogP contribution < -0.4 is 10.1 Å². The maximum Gasteiger partial charge on any atom is 0.123 e. The van der Waals surface area contributed by atoms with Crippen LogP contribution in [0.3, 0.4) is 0 Å². The zero-order valence-electron chi connectivity index (χ0n) is 12.5. The molecule has 2 aromatic carbocycles. The molecule has 4 heteroatoms. The summed E-state index contributed by atoms with van der Waals surface area (Å²) >= 11 is 5.31. The average Bonchev–Trinajstić information content (AvgIpc) is 2.50. The molecule has 1 N–H and O–H groups in total. The summed E-state index contributed by atoms with van der Waals surface area (Å²) in [6, 6.07) is 15.0. The molecule has 1 unspecified atom stereocenters. The van der Waals surface area contributed by atoms with Gasteiger partial charge in [-0.3, -0.25) is 0 Å². The lowest BCUT2D eigenvalue weighted by atomic mass is 10.0. The van der Waals surface area contributed by atoms with E-state index in [-0.39, 0.29) is 6.04 Å². The first-order valence-corrected chi connectivity index (χ1v) is 8.62. The summed E-state index contributed by atoms with van der Waals surface area (Å²) in [7, 11) is 3.72. The van der Waals surface area contributed by atoms with E-state index in [0.717, 1.165) is 16.0 Å². The highest BCUT2D eigenvalue weighted by atomic mass is 79.9. The van der Waals surface area contributed by atoms with E-state index < -0.39 is 0 Å². The van der Waals surface area contributed by atoms with E-state index in [2.05, 4.69) is 64.6 Å². The minimum absolute atomic E-state index is 0.258. The molecule has 112 valence electrons. The number of methoxy groups -OCH3 is 1. The summed E-state index contributed by atoms with van der Waals surface area (Å²) in [6.07, 6.45) is 0. The molecule has 0 radical (unpaired) electrons. The fourth-order valence-electron chi connectivity index (χ4n) is 2.17. The largest absolute Gasteiger partial charge is 0.496 e. The molecule has 0 spiro atoms.